The van der Waals surface area contributed by atoms with Gasteiger partial charge in [0.25, 0.3) is 0 Å². The van der Waals surface area contributed by atoms with Crippen molar-refractivity contribution in [3.63, 3.8) is 0 Å². The molecule has 0 bridgehead atoms. The van der Waals surface area contributed by atoms with Gasteiger partial charge >= 0.3 is 6.03 Å². The number of nitrogens with one attached hydrogen (secondary N) is 4. The van der Waals surface area contributed by atoms with Crippen molar-refractivity contribution in [2.75, 3.05) is 21.3 Å². The maximum atomic E-state index is 12.5. The Labute approximate surface area is 259 Å². The van der Waals surface area contributed by atoms with Crippen LogP contribution in [0.25, 0.3) is 0 Å². The van der Waals surface area contributed by atoms with Crippen molar-refractivity contribution in [3.8, 4) is 0 Å². The van der Waals surface area contributed by atoms with Crippen molar-refractivity contribution >= 4 is 28.8 Å². The van der Waals surface area contributed by atoms with E-state index in [-0.39, 0.29) is 6.03 Å². The van der Waals surface area contributed by atoms with Crippen LogP contribution < -0.4 is 21.3 Å². The van der Waals surface area contributed by atoms with Crippen molar-refractivity contribution in [2.45, 2.75) is 39.8 Å². The van der Waals surface area contributed by atoms with Crippen molar-refractivity contribution < 1.29 is 9.90 Å². The SMILES string of the molecule is Cc1ccc(NC(=O)Nc2ccc(CN(Cc3ccccc3)Cc3ccc(NC(O)Nc4ccc(C)cc4)cc3)cc2)cc1. The highest BCUT2D eigenvalue weighted by molar-refractivity contribution is 5.99. The topological polar surface area (TPSA) is 88.7 Å². The molecule has 0 saturated carbocycles. The lowest BCUT2D eigenvalue weighted by atomic mass is 10.1. The first-order chi connectivity index (χ1) is 21.4. The Kier molecular flexibility index (Phi) is 10.3. The Hall–Kier alpha value is -5.11. The number of carbonyl (C=O) groups is 1. The lowest BCUT2D eigenvalue weighted by Crippen LogP contribution is -2.28. The molecule has 0 radical (unpaired) electrons. The van der Waals surface area contributed by atoms with E-state index in [4.69, 9.17) is 0 Å². The van der Waals surface area contributed by atoms with Crippen LogP contribution in [0.15, 0.2) is 127 Å². The molecule has 1 atom stereocenters. The predicted molar refractivity (Wildman–Crippen MR) is 181 cm³/mol. The third kappa shape index (κ3) is 9.46. The van der Waals surface area contributed by atoms with Crippen LogP contribution in [0.5, 0.6) is 0 Å². The van der Waals surface area contributed by atoms with Gasteiger partial charge < -0.3 is 26.4 Å². The summed E-state index contributed by atoms with van der Waals surface area (Å²) in [6.45, 7) is 6.32. The van der Waals surface area contributed by atoms with Crippen LogP contribution in [0.1, 0.15) is 27.8 Å². The predicted octanol–water partition coefficient (Wildman–Crippen LogP) is 7.95. The summed E-state index contributed by atoms with van der Waals surface area (Å²) in [7, 11) is 0. The summed E-state index contributed by atoms with van der Waals surface area (Å²) in [6, 6.07) is 41.8. The molecule has 0 aliphatic rings. The Balaban J connectivity index is 1.19. The van der Waals surface area contributed by atoms with Gasteiger partial charge in [-0.25, -0.2) is 4.79 Å². The first-order valence-electron chi connectivity index (χ1n) is 14.7. The quantitative estimate of drug-likeness (QED) is 0.0959. The van der Waals surface area contributed by atoms with Gasteiger partial charge in [-0.3, -0.25) is 4.90 Å². The number of hydrogen-bond donors (Lipinski definition) is 5. The van der Waals surface area contributed by atoms with Crippen LogP contribution >= 0.6 is 0 Å². The van der Waals surface area contributed by atoms with E-state index in [0.717, 1.165) is 53.5 Å². The summed E-state index contributed by atoms with van der Waals surface area (Å²) in [5.41, 5.74) is 9.01. The molecule has 0 aliphatic heterocycles. The van der Waals surface area contributed by atoms with Crippen LogP contribution in [0.2, 0.25) is 0 Å². The Morgan fingerprint density at radius 1 is 0.545 bits per heavy atom. The van der Waals surface area contributed by atoms with E-state index in [1.165, 1.54) is 16.7 Å². The number of anilines is 4. The van der Waals surface area contributed by atoms with Gasteiger partial charge in [-0.2, -0.15) is 0 Å². The zero-order valence-corrected chi connectivity index (χ0v) is 25.1. The van der Waals surface area contributed by atoms with Crippen molar-refractivity contribution in [2.24, 2.45) is 0 Å². The fourth-order valence-corrected chi connectivity index (χ4v) is 4.86. The zero-order chi connectivity index (χ0) is 30.7. The largest absolute Gasteiger partial charge is 0.357 e. The highest BCUT2D eigenvalue weighted by atomic mass is 16.3. The third-order valence-electron chi connectivity index (χ3n) is 7.19. The van der Waals surface area contributed by atoms with E-state index in [1.54, 1.807) is 0 Å². The number of aliphatic hydroxyl groups is 1. The number of amides is 2. The lowest BCUT2D eigenvalue weighted by Gasteiger charge is -2.23. The number of carbonyl (C=O) groups excluding carboxylic acids is 1. The number of benzene rings is 5. The average molecular weight is 586 g/mol. The smallest absolute Gasteiger partial charge is 0.323 e. The van der Waals surface area contributed by atoms with Gasteiger partial charge in [0, 0.05) is 42.4 Å². The summed E-state index contributed by atoms with van der Waals surface area (Å²) in [4.78, 5) is 14.8. The second kappa shape index (κ2) is 14.9. The summed E-state index contributed by atoms with van der Waals surface area (Å²) in [5, 5.41) is 22.4. The molecule has 1 unspecified atom stereocenters. The molecule has 5 N–H and O–H groups in total. The summed E-state index contributed by atoms with van der Waals surface area (Å²) in [5.74, 6) is 0. The Morgan fingerprint density at radius 3 is 1.36 bits per heavy atom. The molecule has 7 heteroatoms. The molecular formula is C37H39N5O2. The molecule has 0 heterocycles. The molecule has 0 fully saturated rings. The van der Waals surface area contributed by atoms with Crippen LogP contribution in [-0.4, -0.2) is 22.4 Å². The van der Waals surface area contributed by atoms with E-state index >= 15 is 0 Å². The molecule has 2 amide bonds. The van der Waals surface area contributed by atoms with Crippen LogP contribution in [-0.2, 0) is 19.6 Å². The van der Waals surface area contributed by atoms with Gasteiger partial charge in [-0.05, 0) is 79.1 Å². The molecule has 7 nitrogen and oxygen atoms in total. The highest BCUT2D eigenvalue weighted by Crippen LogP contribution is 2.19. The minimum absolute atomic E-state index is 0.274. The minimum atomic E-state index is -0.913. The standard InChI is InChI=1S/C37H39N5O2/c1-27-8-16-32(17-9-27)38-36(43)40-34-20-12-30(13-21-34)25-42(24-29-6-4-3-5-7-29)26-31-14-22-35(23-15-31)41-37(44)39-33-18-10-28(2)11-19-33/h3-23,36,38,40,43H,24-26H2,1-2H3,(H2,39,41,44). The lowest BCUT2D eigenvalue weighted by molar-refractivity contribution is 0.233. The fraction of sp³-hybridized carbons (Fsp3) is 0.162. The molecule has 5 aromatic rings. The minimum Gasteiger partial charge on any atom is -0.357 e. The number of aryl methyl sites for hydroxylation is 2. The summed E-state index contributed by atoms with van der Waals surface area (Å²) in [6.07, 6.45) is -0.913. The van der Waals surface area contributed by atoms with Crippen molar-refractivity contribution in [1.29, 1.82) is 0 Å². The normalized spacial score (nSPS) is 11.5. The van der Waals surface area contributed by atoms with E-state index in [9.17, 15) is 9.90 Å². The van der Waals surface area contributed by atoms with Gasteiger partial charge in [-0.15, -0.1) is 0 Å². The van der Waals surface area contributed by atoms with Gasteiger partial charge in [0.1, 0.15) is 0 Å². The number of hydrogen-bond acceptors (Lipinski definition) is 5. The summed E-state index contributed by atoms with van der Waals surface area (Å²) < 4.78 is 0. The van der Waals surface area contributed by atoms with Crippen LogP contribution in [0.3, 0.4) is 0 Å². The number of urea groups is 1. The van der Waals surface area contributed by atoms with Crippen molar-refractivity contribution in [3.05, 3.63) is 155 Å². The molecule has 5 aromatic carbocycles. The number of rotatable bonds is 12. The fourth-order valence-electron chi connectivity index (χ4n) is 4.86. The maximum Gasteiger partial charge on any atom is 0.323 e. The number of nitrogens with zero attached hydrogens (tertiary/aromatic N) is 1. The van der Waals surface area contributed by atoms with Crippen LogP contribution in [0.4, 0.5) is 27.5 Å². The molecule has 0 aliphatic carbocycles. The molecule has 224 valence electrons. The van der Waals surface area contributed by atoms with Gasteiger partial charge in [0.05, 0.1) is 0 Å². The molecular weight excluding hydrogens is 546 g/mol. The van der Waals surface area contributed by atoms with E-state index < -0.39 is 6.35 Å². The molecule has 0 aromatic heterocycles. The average Bonchev–Trinajstić information content (AvgIpc) is 3.02. The second-order valence-corrected chi connectivity index (χ2v) is 11.0. The van der Waals surface area contributed by atoms with Gasteiger partial charge in [0.15, 0.2) is 0 Å². The third-order valence-corrected chi connectivity index (χ3v) is 7.19. The maximum absolute atomic E-state index is 12.5. The summed E-state index contributed by atoms with van der Waals surface area (Å²) >= 11 is 0. The highest BCUT2D eigenvalue weighted by Gasteiger charge is 2.11. The number of aliphatic hydroxyl groups excluding tert-OH is 1. The first kappa shape index (κ1) is 30.4. The zero-order valence-electron chi connectivity index (χ0n) is 25.1. The molecule has 0 spiro atoms. The van der Waals surface area contributed by atoms with E-state index in [0.29, 0.717) is 0 Å². The van der Waals surface area contributed by atoms with Crippen LogP contribution in [0, 0.1) is 13.8 Å². The van der Waals surface area contributed by atoms with Gasteiger partial charge in [-0.1, -0.05) is 90.0 Å². The first-order valence-corrected chi connectivity index (χ1v) is 14.7. The Bertz CT molecular complexity index is 1610. The second-order valence-electron chi connectivity index (χ2n) is 11.0. The Morgan fingerprint density at radius 2 is 0.909 bits per heavy atom. The van der Waals surface area contributed by atoms with Gasteiger partial charge in [0.2, 0.25) is 6.35 Å². The molecule has 5 rings (SSSR count). The molecule has 0 saturated heterocycles. The van der Waals surface area contributed by atoms with Crippen molar-refractivity contribution in [1.82, 2.24) is 4.90 Å². The van der Waals surface area contributed by atoms with E-state index in [1.807, 2.05) is 92.7 Å². The molecule has 44 heavy (non-hydrogen) atoms. The van der Waals surface area contributed by atoms with E-state index in [2.05, 4.69) is 74.7 Å². The monoisotopic (exact) mass is 585 g/mol.